The number of rotatable bonds is 3. The minimum Gasteiger partial charge on any atom is -0.347 e. The van der Waals surface area contributed by atoms with Crippen molar-refractivity contribution in [3.05, 3.63) is 41.7 Å². The number of hydrogen-bond acceptors (Lipinski definition) is 7. The van der Waals surface area contributed by atoms with E-state index in [1.165, 1.54) is 16.4 Å². The highest BCUT2D eigenvalue weighted by atomic mass is 32.2. The summed E-state index contributed by atoms with van der Waals surface area (Å²) in [5.74, 6) is 0.227. The summed E-state index contributed by atoms with van der Waals surface area (Å²) in [5, 5.41) is 4.72. The fourth-order valence-corrected chi connectivity index (χ4v) is 5.56. The molecular weight excluding hydrogens is 364 g/mol. The van der Waals surface area contributed by atoms with Crippen molar-refractivity contribution in [1.82, 2.24) is 19.7 Å². The maximum absolute atomic E-state index is 13.1. The van der Waals surface area contributed by atoms with E-state index in [0.29, 0.717) is 24.2 Å². The average molecular weight is 386 g/mol. The number of hydrogen-bond donors (Lipinski definition) is 0. The van der Waals surface area contributed by atoms with Crippen molar-refractivity contribution in [2.24, 2.45) is 0 Å². The van der Waals surface area contributed by atoms with Gasteiger partial charge in [0, 0.05) is 25.9 Å². The minimum absolute atomic E-state index is 0.0121. The molecule has 8 heteroatoms. The molecule has 2 atom stereocenters. The van der Waals surface area contributed by atoms with Gasteiger partial charge in [-0.15, -0.1) is 5.10 Å². The second kappa shape index (κ2) is 6.70. The van der Waals surface area contributed by atoms with Gasteiger partial charge in [0.1, 0.15) is 11.1 Å². The Balaban J connectivity index is 1.43. The molecule has 4 heterocycles. The number of thioether (sulfide) groups is 1. The highest BCUT2D eigenvalue weighted by Crippen LogP contribution is 2.43. The zero-order valence-corrected chi connectivity index (χ0v) is 16.0. The predicted molar refractivity (Wildman–Crippen MR) is 99.7 cm³/mol. The predicted octanol–water partition coefficient (Wildman–Crippen LogP) is 2.28. The van der Waals surface area contributed by atoms with Crippen molar-refractivity contribution in [2.45, 2.75) is 42.0 Å². The second-order valence-corrected chi connectivity index (χ2v) is 8.34. The Morgan fingerprint density at radius 3 is 2.56 bits per heavy atom. The van der Waals surface area contributed by atoms with Crippen LogP contribution in [0.2, 0.25) is 0 Å². The average Bonchev–Trinajstić information content (AvgIpc) is 3.36. The number of likely N-dealkylation sites (tertiary alicyclic amines) is 1. The Kier molecular flexibility index (Phi) is 4.31. The van der Waals surface area contributed by atoms with Gasteiger partial charge in [-0.2, -0.15) is 4.68 Å². The molecule has 0 N–H and O–H groups in total. The van der Waals surface area contributed by atoms with Crippen LogP contribution in [0.15, 0.2) is 35.5 Å². The number of carbonyl (C=O) groups is 1. The van der Waals surface area contributed by atoms with Gasteiger partial charge in [0.25, 0.3) is 5.91 Å². The van der Waals surface area contributed by atoms with Gasteiger partial charge >= 0.3 is 0 Å². The van der Waals surface area contributed by atoms with Gasteiger partial charge in [-0.05, 0) is 12.5 Å². The number of piperidine rings is 1. The van der Waals surface area contributed by atoms with Gasteiger partial charge in [-0.1, -0.05) is 42.1 Å². The number of ether oxygens (including phenoxy) is 2. The van der Waals surface area contributed by atoms with Crippen molar-refractivity contribution in [1.29, 1.82) is 0 Å². The third kappa shape index (κ3) is 3.00. The summed E-state index contributed by atoms with van der Waals surface area (Å²) in [6.45, 7) is 4.82. The lowest BCUT2D eigenvalue weighted by Gasteiger charge is -2.42. The van der Waals surface area contributed by atoms with Crippen LogP contribution in [0.5, 0.6) is 0 Å². The lowest BCUT2D eigenvalue weighted by atomic mass is 9.96. The van der Waals surface area contributed by atoms with E-state index in [1.807, 2.05) is 25.1 Å². The summed E-state index contributed by atoms with van der Waals surface area (Å²) in [5.41, 5.74) is 1.15. The van der Waals surface area contributed by atoms with E-state index in [2.05, 4.69) is 27.1 Å². The van der Waals surface area contributed by atoms with E-state index < -0.39 is 5.79 Å². The zero-order chi connectivity index (χ0) is 18.4. The molecule has 3 aliphatic heterocycles. The summed E-state index contributed by atoms with van der Waals surface area (Å²) in [6.07, 6.45) is 1.65. The molecule has 2 aromatic rings. The van der Waals surface area contributed by atoms with Crippen LogP contribution in [0.4, 0.5) is 0 Å². The van der Waals surface area contributed by atoms with Crippen LogP contribution >= 0.6 is 11.8 Å². The molecule has 0 saturated carbocycles. The molecular formula is C19H22N4O3S. The smallest absolute Gasteiger partial charge is 0.264 e. The Hall–Kier alpha value is -1.74. The monoisotopic (exact) mass is 386 g/mol. The molecule has 0 aliphatic carbocycles. The van der Waals surface area contributed by atoms with Crippen LogP contribution in [0.1, 0.15) is 35.1 Å². The maximum atomic E-state index is 13.1. The number of aromatic nitrogens is 3. The topological polar surface area (TPSA) is 69.5 Å². The molecule has 2 unspecified atom stereocenters. The first kappa shape index (κ1) is 17.4. The molecule has 0 amide bonds. The quantitative estimate of drug-likeness (QED) is 0.801. The maximum Gasteiger partial charge on any atom is 0.264 e. The number of benzene rings is 1. The number of fused-ring (bicyclic) bond motifs is 1. The van der Waals surface area contributed by atoms with Crippen LogP contribution in [0, 0.1) is 6.92 Å². The SMILES string of the molecule is Cc1nc2n(n1)C(=O)C(C(c1ccccc1)N1CCC3(CC1)OCCO3)S2. The fraction of sp³-hybridized carbons (Fsp3) is 0.526. The third-order valence-corrected chi connectivity index (χ3v) is 6.75. The first-order valence-electron chi connectivity index (χ1n) is 9.37. The van der Waals surface area contributed by atoms with E-state index in [4.69, 9.17) is 9.47 Å². The number of carbonyl (C=O) groups excluding carboxylic acids is 1. The molecule has 2 fully saturated rings. The molecule has 27 heavy (non-hydrogen) atoms. The van der Waals surface area contributed by atoms with Gasteiger partial charge in [0.2, 0.25) is 0 Å². The molecule has 1 spiro atoms. The Labute approximate surface area is 162 Å². The first-order chi connectivity index (χ1) is 13.2. The minimum atomic E-state index is -0.421. The largest absolute Gasteiger partial charge is 0.347 e. The molecule has 2 saturated heterocycles. The van der Waals surface area contributed by atoms with Crippen molar-refractivity contribution >= 4 is 17.7 Å². The van der Waals surface area contributed by atoms with Crippen molar-refractivity contribution in [3.63, 3.8) is 0 Å². The summed E-state index contributed by atoms with van der Waals surface area (Å²) in [7, 11) is 0. The Morgan fingerprint density at radius 2 is 1.89 bits per heavy atom. The van der Waals surface area contributed by atoms with E-state index in [1.54, 1.807) is 0 Å². The molecule has 5 rings (SSSR count). The normalized spacial score (nSPS) is 25.8. The number of nitrogens with zero attached hydrogens (tertiary/aromatic N) is 4. The zero-order valence-electron chi connectivity index (χ0n) is 15.2. The van der Waals surface area contributed by atoms with Gasteiger partial charge in [-0.3, -0.25) is 9.69 Å². The van der Waals surface area contributed by atoms with Gasteiger partial charge in [0.15, 0.2) is 10.9 Å². The van der Waals surface area contributed by atoms with E-state index in [9.17, 15) is 4.79 Å². The second-order valence-electron chi connectivity index (χ2n) is 7.23. The van der Waals surface area contributed by atoms with E-state index in [0.717, 1.165) is 31.5 Å². The Bertz CT molecular complexity index is 840. The van der Waals surface area contributed by atoms with Crippen molar-refractivity contribution in [2.75, 3.05) is 26.3 Å². The highest BCUT2D eigenvalue weighted by molar-refractivity contribution is 8.00. The van der Waals surface area contributed by atoms with Gasteiger partial charge in [0.05, 0.1) is 19.3 Å². The fourth-order valence-electron chi connectivity index (χ4n) is 4.26. The summed E-state index contributed by atoms with van der Waals surface area (Å²) in [4.78, 5) is 19.9. The molecule has 0 radical (unpaired) electrons. The Morgan fingerprint density at radius 1 is 1.19 bits per heavy atom. The summed E-state index contributed by atoms with van der Waals surface area (Å²) < 4.78 is 13.2. The van der Waals surface area contributed by atoms with Gasteiger partial charge < -0.3 is 9.47 Å². The van der Waals surface area contributed by atoms with E-state index in [-0.39, 0.29) is 17.2 Å². The molecule has 1 aromatic carbocycles. The standard InChI is InChI=1S/C19H22N4O3S/c1-13-20-18-23(21-13)17(24)16(27-18)15(14-5-3-2-4-6-14)22-9-7-19(8-10-22)25-11-12-26-19/h2-6,15-16H,7-12H2,1H3. The van der Waals surface area contributed by atoms with Crippen LogP contribution in [-0.2, 0) is 9.47 Å². The van der Waals surface area contributed by atoms with Crippen molar-refractivity contribution in [3.8, 4) is 0 Å². The van der Waals surface area contributed by atoms with Crippen LogP contribution in [-0.4, -0.2) is 62.9 Å². The molecule has 7 nitrogen and oxygen atoms in total. The van der Waals surface area contributed by atoms with Crippen LogP contribution in [0.25, 0.3) is 0 Å². The molecule has 0 bridgehead atoms. The highest BCUT2D eigenvalue weighted by Gasteiger charge is 2.46. The third-order valence-electron chi connectivity index (χ3n) is 5.56. The summed E-state index contributed by atoms with van der Waals surface area (Å²) in [6, 6.07) is 10.2. The summed E-state index contributed by atoms with van der Waals surface area (Å²) >= 11 is 1.52. The lowest BCUT2D eigenvalue weighted by molar-refractivity contribution is -0.187. The van der Waals surface area contributed by atoms with Crippen LogP contribution in [0.3, 0.4) is 0 Å². The first-order valence-corrected chi connectivity index (χ1v) is 10.2. The van der Waals surface area contributed by atoms with Gasteiger partial charge in [-0.25, -0.2) is 4.98 Å². The van der Waals surface area contributed by atoms with Crippen molar-refractivity contribution < 1.29 is 14.3 Å². The molecule has 1 aromatic heterocycles. The molecule has 142 valence electrons. The van der Waals surface area contributed by atoms with Crippen LogP contribution < -0.4 is 0 Å². The number of aryl methyl sites for hydroxylation is 1. The molecule has 3 aliphatic rings. The van der Waals surface area contributed by atoms with E-state index >= 15 is 0 Å². The lowest BCUT2D eigenvalue weighted by Crippen LogP contribution is -2.49.